The summed E-state index contributed by atoms with van der Waals surface area (Å²) in [6, 6.07) is 0. The summed E-state index contributed by atoms with van der Waals surface area (Å²) < 4.78 is 13.5. The van der Waals surface area contributed by atoms with Crippen LogP contribution in [0.1, 0.15) is 80.1 Å². The monoisotopic (exact) mass is 349 g/mol. The molecule has 0 spiro atoms. The lowest BCUT2D eigenvalue weighted by Gasteiger charge is -2.36. The second-order valence-corrected chi connectivity index (χ2v) is 11.0. The molecule has 0 aromatic rings. The summed E-state index contributed by atoms with van der Waals surface area (Å²) in [7, 11) is 0. The molecule has 4 aliphatic rings. The quantitative estimate of drug-likeness (QED) is 0.730. The molecule has 3 nitrogen and oxygen atoms in total. The molecule has 25 heavy (non-hydrogen) atoms. The lowest BCUT2D eigenvalue weighted by Crippen LogP contribution is -2.42. The summed E-state index contributed by atoms with van der Waals surface area (Å²) in [4.78, 5) is 0. The Bertz CT molecular complexity index is 498. The van der Waals surface area contributed by atoms with Crippen molar-refractivity contribution in [1.29, 1.82) is 0 Å². The summed E-state index contributed by atoms with van der Waals surface area (Å²) in [6.07, 6.45) is 7.35. The largest absolute Gasteiger partial charge is 0.344 e. The van der Waals surface area contributed by atoms with Gasteiger partial charge in [-0.1, -0.05) is 54.4 Å². The zero-order valence-corrected chi connectivity index (χ0v) is 17.2. The number of fused-ring (bicyclic) bond motifs is 2. The number of nitrogens with two attached hydrogens (primary N) is 1. The molecule has 144 valence electrons. The van der Waals surface area contributed by atoms with Crippen molar-refractivity contribution in [2.45, 2.75) is 97.6 Å². The van der Waals surface area contributed by atoms with E-state index in [0.717, 1.165) is 11.8 Å². The first kappa shape index (κ1) is 18.3. The van der Waals surface area contributed by atoms with E-state index in [2.05, 4.69) is 41.5 Å². The topological polar surface area (TPSA) is 44.5 Å². The Kier molecular flexibility index (Phi) is 3.98. The van der Waals surface area contributed by atoms with Gasteiger partial charge < -0.3 is 15.2 Å². The van der Waals surface area contributed by atoms with Gasteiger partial charge in [0.2, 0.25) is 0 Å². The van der Waals surface area contributed by atoms with Crippen molar-refractivity contribution in [3.05, 3.63) is 0 Å². The Morgan fingerprint density at radius 3 is 1.56 bits per heavy atom. The van der Waals surface area contributed by atoms with Crippen LogP contribution >= 0.6 is 0 Å². The second kappa shape index (κ2) is 5.45. The molecule has 0 aliphatic heterocycles. The van der Waals surface area contributed by atoms with Crippen molar-refractivity contribution in [3.63, 3.8) is 0 Å². The minimum absolute atomic E-state index is 0.000154. The highest BCUT2D eigenvalue weighted by molar-refractivity contribution is 5.24. The minimum Gasteiger partial charge on any atom is -0.344 e. The van der Waals surface area contributed by atoms with Crippen molar-refractivity contribution < 1.29 is 9.47 Å². The third-order valence-corrected chi connectivity index (χ3v) is 8.96. The fourth-order valence-corrected chi connectivity index (χ4v) is 7.14. The summed E-state index contributed by atoms with van der Waals surface area (Å²) >= 11 is 0. The van der Waals surface area contributed by atoms with Crippen LogP contribution < -0.4 is 5.73 Å². The SMILES string of the molecule is CC1CCC2C(C)(C)C2(OC(CN)OC23CC(C)CCC2C3(C)C)C1. The van der Waals surface area contributed by atoms with Gasteiger partial charge in [-0.05, 0) is 60.2 Å². The average Bonchev–Trinajstić information content (AvgIpc) is 3.20. The fourth-order valence-electron chi connectivity index (χ4n) is 7.14. The van der Waals surface area contributed by atoms with E-state index in [9.17, 15) is 0 Å². The Labute approximate surface area is 154 Å². The molecule has 0 saturated heterocycles. The van der Waals surface area contributed by atoms with E-state index >= 15 is 0 Å². The van der Waals surface area contributed by atoms with Gasteiger partial charge in [-0.25, -0.2) is 0 Å². The normalized spacial score (nSPS) is 50.5. The lowest BCUT2D eigenvalue weighted by atomic mass is 9.88. The number of ether oxygens (including phenoxy) is 2. The maximum atomic E-state index is 6.76. The van der Waals surface area contributed by atoms with E-state index in [1.54, 1.807) is 0 Å². The first-order chi connectivity index (χ1) is 11.6. The van der Waals surface area contributed by atoms with Crippen LogP contribution in [0.25, 0.3) is 0 Å². The zero-order chi connectivity index (χ0) is 18.3. The van der Waals surface area contributed by atoms with Gasteiger partial charge in [-0.15, -0.1) is 0 Å². The maximum absolute atomic E-state index is 6.76. The highest BCUT2D eigenvalue weighted by atomic mass is 16.7. The molecule has 6 atom stereocenters. The zero-order valence-electron chi connectivity index (χ0n) is 17.2. The molecule has 6 unspecified atom stereocenters. The molecule has 0 heterocycles. The predicted octanol–water partition coefficient (Wildman–Crippen LogP) is 4.73. The van der Waals surface area contributed by atoms with Gasteiger partial charge in [0, 0.05) is 6.54 Å². The van der Waals surface area contributed by atoms with Gasteiger partial charge in [-0.3, -0.25) is 0 Å². The summed E-state index contributed by atoms with van der Waals surface area (Å²) in [5, 5.41) is 0. The van der Waals surface area contributed by atoms with Crippen LogP contribution in [0, 0.1) is 34.5 Å². The van der Waals surface area contributed by atoms with Crippen molar-refractivity contribution in [1.82, 2.24) is 0 Å². The van der Waals surface area contributed by atoms with Crippen molar-refractivity contribution in [2.24, 2.45) is 40.2 Å². The van der Waals surface area contributed by atoms with Gasteiger partial charge in [0.25, 0.3) is 0 Å². The number of hydrogen-bond donors (Lipinski definition) is 1. The lowest BCUT2D eigenvalue weighted by molar-refractivity contribution is -0.233. The molecule has 0 amide bonds. The maximum Gasteiger partial charge on any atom is 0.171 e. The van der Waals surface area contributed by atoms with Crippen LogP contribution in [-0.2, 0) is 9.47 Å². The first-order valence-electron chi connectivity index (χ1n) is 10.7. The summed E-state index contributed by atoms with van der Waals surface area (Å²) in [6.45, 7) is 14.7. The molecule has 4 saturated carbocycles. The smallest absolute Gasteiger partial charge is 0.171 e. The molecule has 3 heteroatoms. The van der Waals surface area contributed by atoms with Crippen molar-refractivity contribution in [2.75, 3.05) is 6.54 Å². The van der Waals surface area contributed by atoms with E-state index in [1.165, 1.54) is 38.5 Å². The van der Waals surface area contributed by atoms with Crippen LogP contribution in [-0.4, -0.2) is 24.0 Å². The van der Waals surface area contributed by atoms with Crippen LogP contribution in [0.3, 0.4) is 0 Å². The van der Waals surface area contributed by atoms with Crippen LogP contribution in [0.15, 0.2) is 0 Å². The van der Waals surface area contributed by atoms with E-state index in [1.807, 2.05) is 0 Å². The summed E-state index contributed by atoms with van der Waals surface area (Å²) in [5.41, 5.74) is 6.70. The van der Waals surface area contributed by atoms with Crippen molar-refractivity contribution in [3.8, 4) is 0 Å². The van der Waals surface area contributed by atoms with Crippen LogP contribution in [0.4, 0.5) is 0 Å². The summed E-state index contributed by atoms with van der Waals surface area (Å²) in [5.74, 6) is 2.85. The predicted molar refractivity (Wildman–Crippen MR) is 101 cm³/mol. The Hall–Kier alpha value is -0.120. The molecule has 4 fully saturated rings. The van der Waals surface area contributed by atoms with Crippen LogP contribution in [0.5, 0.6) is 0 Å². The average molecular weight is 350 g/mol. The number of hydrogen-bond acceptors (Lipinski definition) is 3. The Morgan fingerprint density at radius 1 is 0.800 bits per heavy atom. The third kappa shape index (κ3) is 2.34. The third-order valence-electron chi connectivity index (χ3n) is 8.96. The molecule has 0 aromatic heterocycles. The molecular weight excluding hydrogens is 310 g/mol. The highest BCUT2D eigenvalue weighted by Crippen LogP contribution is 2.73. The van der Waals surface area contributed by atoms with Crippen LogP contribution in [0.2, 0.25) is 0 Å². The van der Waals surface area contributed by atoms with Crippen molar-refractivity contribution >= 4 is 0 Å². The van der Waals surface area contributed by atoms with Gasteiger partial charge in [0.15, 0.2) is 6.29 Å². The molecule has 0 radical (unpaired) electrons. The van der Waals surface area contributed by atoms with Gasteiger partial charge >= 0.3 is 0 Å². The molecule has 2 N–H and O–H groups in total. The molecule has 4 rings (SSSR count). The Morgan fingerprint density at radius 2 is 1.20 bits per heavy atom. The standard InChI is InChI=1S/C22H39NO2/c1-14-7-9-16-19(3,4)21(16,11-14)24-18(13-23)25-22-12-15(2)8-10-17(22)20(22,5)6/h14-18H,7-13,23H2,1-6H3. The van der Waals surface area contributed by atoms with E-state index in [4.69, 9.17) is 15.2 Å². The first-order valence-corrected chi connectivity index (χ1v) is 10.7. The van der Waals surface area contributed by atoms with Gasteiger partial charge in [-0.2, -0.15) is 0 Å². The van der Waals surface area contributed by atoms with Gasteiger partial charge in [0.1, 0.15) is 0 Å². The molecule has 0 bridgehead atoms. The van der Waals surface area contributed by atoms with E-state index in [0.29, 0.717) is 18.4 Å². The second-order valence-electron chi connectivity index (χ2n) is 11.0. The minimum atomic E-state index is -0.246. The van der Waals surface area contributed by atoms with E-state index < -0.39 is 0 Å². The molecule has 4 aliphatic carbocycles. The highest BCUT2D eigenvalue weighted by Gasteiger charge is 2.76. The van der Waals surface area contributed by atoms with Gasteiger partial charge in [0.05, 0.1) is 11.2 Å². The Balaban J connectivity index is 1.50. The number of rotatable bonds is 5. The van der Waals surface area contributed by atoms with E-state index in [-0.39, 0.29) is 28.3 Å². The molecule has 0 aromatic carbocycles. The molecular formula is C22H39NO2. The fraction of sp³-hybridized carbons (Fsp3) is 1.00.